The standard InChI is InChI=1S/C12H20/c1-8(2)10-6-5-9-7-11(10)12(9,3)4/h6,8-9,11H,5,7H2,1-4H3. The summed E-state index contributed by atoms with van der Waals surface area (Å²) < 4.78 is 0. The molecule has 0 heterocycles. The number of hydrogen-bond donors (Lipinski definition) is 0. The van der Waals surface area contributed by atoms with E-state index in [9.17, 15) is 0 Å². The van der Waals surface area contributed by atoms with Crippen LogP contribution in [0.5, 0.6) is 0 Å². The number of fused-ring (bicyclic) bond motifs is 1. The third kappa shape index (κ3) is 0.901. The Bertz CT molecular complexity index is 220. The van der Waals surface area contributed by atoms with E-state index in [-0.39, 0.29) is 0 Å². The van der Waals surface area contributed by atoms with Crippen LogP contribution in [0.3, 0.4) is 0 Å². The van der Waals surface area contributed by atoms with E-state index in [1.165, 1.54) is 12.8 Å². The first-order valence-electron chi connectivity index (χ1n) is 5.23. The van der Waals surface area contributed by atoms with Crippen LogP contribution in [0.1, 0.15) is 40.5 Å². The van der Waals surface area contributed by atoms with E-state index in [2.05, 4.69) is 33.8 Å². The molecule has 1 saturated carbocycles. The van der Waals surface area contributed by atoms with E-state index in [0.29, 0.717) is 5.41 Å². The number of allylic oxidation sites excluding steroid dienone is 2. The summed E-state index contributed by atoms with van der Waals surface area (Å²) >= 11 is 0. The third-order valence-corrected chi connectivity index (χ3v) is 4.18. The van der Waals surface area contributed by atoms with Gasteiger partial charge in [0.2, 0.25) is 0 Å². The average molecular weight is 164 g/mol. The van der Waals surface area contributed by atoms with Gasteiger partial charge in [0.1, 0.15) is 0 Å². The monoisotopic (exact) mass is 164 g/mol. The van der Waals surface area contributed by atoms with Gasteiger partial charge in [0.25, 0.3) is 0 Å². The first kappa shape index (κ1) is 8.34. The Morgan fingerprint density at radius 3 is 2.42 bits per heavy atom. The van der Waals surface area contributed by atoms with Crippen LogP contribution in [0.15, 0.2) is 11.6 Å². The van der Waals surface area contributed by atoms with Crippen LogP contribution in [0.25, 0.3) is 0 Å². The largest absolute Gasteiger partial charge is 0.0845 e. The molecule has 0 aromatic carbocycles. The van der Waals surface area contributed by atoms with Crippen LogP contribution >= 0.6 is 0 Å². The van der Waals surface area contributed by atoms with Gasteiger partial charge in [-0.2, -0.15) is 0 Å². The highest BCUT2D eigenvalue weighted by Crippen LogP contribution is 2.60. The molecule has 3 rings (SSSR count). The Morgan fingerprint density at radius 2 is 2.08 bits per heavy atom. The second-order valence-electron chi connectivity index (χ2n) is 5.40. The zero-order valence-electron chi connectivity index (χ0n) is 8.72. The van der Waals surface area contributed by atoms with Crippen molar-refractivity contribution in [2.24, 2.45) is 23.2 Å². The van der Waals surface area contributed by atoms with E-state index >= 15 is 0 Å². The molecule has 0 nitrogen and oxygen atoms in total. The van der Waals surface area contributed by atoms with Crippen molar-refractivity contribution in [3.05, 3.63) is 11.6 Å². The molecule has 0 aromatic heterocycles. The summed E-state index contributed by atoms with van der Waals surface area (Å²) in [6.07, 6.45) is 5.32. The lowest BCUT2D eigenvalue weighted by Crippen LogP contribution is -2.48. The molecule has 2 bridgehead atoms. The highest BCUT2D eigenvalue weighted by atomic mass is 14.6. The summed E-state index contributed by atoms with van der Waals surface area (Å²) in [7, 11) is 0. The van der Waals surface area contributed by atoms with Crippen molar-refractivity contribution in [1.82, 2.24) is 0 Å². The highest BCUT2D eigenvalue weighted by molar-refractivity contribution is 5.24. The summed E-state index contributed by atoms with van der Waals surface area (Å²) in [5.74, 6) is 2.68. The molecule has 0 saturated heterocycles. The van der Waals surface area contributed by atoms with Gasteiger partial charge in [0.15, 0.2) is 0 Å². The molecule has 0 amide bonds. The van der Waals surface area contributed by atoms with Crippen LogP contribution in [0.4, 0.5) is 0 Å². The Morgan fingerprint density at radius 1 is 1.42 bits per heavy atom. The van der Waals surface area contributed by atoms with Crippen LogP contribution in [0.2, 0.25) is 0 Å². The Kier molecular flexibility index (Phi) is 1.65. The Labute approximate surface area is 76.1 Å². The summed E-state index contributed by atoms with van der Waals surface area (Å²) in [6.45, 7) is 9.56. The molecule has 0 aliphatic heterocycles. The van der Waals surface area contributed by atoms with Crippen molar-refractivity contribution in [2.45, 2.75) is 40.5 Å². The minimum absolute atomic E-state index is 0.619. The summed E-state index contributed by atoms with van der Waals surface area (Å²) in [6, 6.07) is 0. The molecule has 3 aliphatic carbocycles. The van der Waals surface area contributed by atoms with Gasteiger partial charge in [-0.15, -0.1) is 0 Å². The number of rotatable bonds is 1. The summed E-state index contributed by atoms with van der Waals surface area (Å²) in [4.78, 5) is 0. The van der Waals surface area contributed by atoms with Crippen LogP contribution in [-0.2, 0) is 0 Å². The van der Waals surface area contributed by atoms with Gasteiger partial charge in [-0.05, 0) is 36.0 Å². The molecule has 0 aromatic rings. The van der Waals surface area contributed by atoms with Gasteiger partial charge in [0, 0.05) is 0 Å². The molecule has 12 heavy (non-hydrogen) atoms. The summed E-state index contributed by atoms with van der Waals surface area (Å²) in [5.41, 5.74) is 2.36. The van der Waals surface area contributed by atoms with Crippen molar-refractivity contribution >= 4 is 0 Å². The lowest BCUT2D eigenvalue weighted by Gasteiger charge is -2.57. The first-order chi connectivity index (χ1) is 5.53. The zero-order chi connectivity index (χ0) is 8.93. The molecule has 68 valence electrons. The zero-order valence-corrected chi connectivity index (χ0v) is 8.72. The molecule has 0 spiro atoms. The van der Waals surface area contributed by atoms with E-state index in [4.69, 9.17) is 0 Å². The fourth-order valence-corrected chi connectivity index (χ4v) is 3.04. The van der Waals surface area contributed by atoms with Gasteiger partial charge >= 0.3 is 0 Å². The van der Waals surface area contributed by atoms with Gasteiger partial charge in [-0.25, -0.2) is 0 Å². The maximum atomic E-state index is 2.51. The van der Waals surface area contributed by atoms with Crippen molar-refractivity contribution in [2.75, 3.05) is 0 Å². The van der Waals surface area contributed by atoms with Crippen LogP contribution < -0.4 is 0 Å². The van der Waals surface area contributed by atoms with Crippen molar-refractivity contribution in [3.8, 4) is 0 Å². The molecule has 0 heteroatoms. The lowest BCUT2D eigenvalue weighted by molar-refractivity contribution is -0.0116. The topological polar surface area (TPSA) is 0 Å². The van der Waals surface area contributed by atoms with Gasteiger partial charge in [-0.1, -0.05) is 39.3 Å². The SMILES string of the molecule is CC(C)C1=CCC2CC1C2(C)C. The molecule has 2 atom stereocenters. The van der Waals surface area contributed by atoms with Crippen molar-refractivity contribution in [1.29, 1.82) is 0 Å². The predicted octanol–water partition coefficient (Wildman–Crippen LogP) is 3.63. The second kappa shape index (κ2) is 2.37. The molecule has 2 unspecified atom stereocenters. The highest BCUT2D eigenvalue weighted by Gasteiger charge is 2.51. The molecule has 0 N–H and O–H groups in total. The summed E-state index contributed by atoms with van der Waals surface area (Å²) in [5, 5.41) is 0. The van der Waals surface area contributed by atoms with Crippen molar-refractivity contribution < 1.29 is 0 Å². The Hall–Kier alpha value is -0.260. The minimum Gasteiger partial charge on any atom is -0.0845 e. The molecular formula is C12H20. The van der Waals surface area contributed by atoms with Gasteiger partial charge in [0.05, 0.1) is 0 Å². The lowest BCUT2D eigenvalue weighted by atomic mass is 9.48. The molecule has 0 radical (unpaired) electrons. The smallest absolute Gasteiger partial charge is 0.0144 e. The van der Waals surface area contributed by atoms with Crippen molar-refractivity contribution in [3.63, 3.8) is 0 Å². The van der Waals surface area contributed by atoms with E-state index in [1.807, 2.05) is 0 Å². The van der Waals surface area contributed by atoms with Crippen LogP contribution in [-0.4, -0.2) is 0 Å². The first-order valence-corrected chi connectivity index (χ1v) is 5.23. The van der Waals surface area contributed by atoms with E-state index < -0.39 is 0 Å². The average Bonchev–Trinajstić information content (AvgIpc) is 2.04. The quantitative estimate of drug-likeness (QED) is 0.519. The maximum Gasteiger partial charge on any atom is -0.0144 e. The fourth-order valence-electron chi connectivity index (χ4n) is 3.04. The molecule has 1 fully saturated rings. The minimum atomic E-state index is 0.619. The van der Waals surface area contributed by atoms with Gasteiger partial charge in [-0.3, -0.25) is 0 Å². The maximum absolute atomic E-state index is 2.51. The Balaban J connectivity index is 2.24. The number of hydrogen-bond acceptors (Lipinski definition) is 0. The molecular weight excluding hydrogens is 144 g/mol. The van der Waals surface area contributed by atoms with E-state index in [0.717, 1.165) is 17.8 Å². The fraction of sp³-hybridized carbons (Fsp3) is 0.833. The molecule has 3 aliphatic rings. The normalized spacial score (nSPS) is 37.6. The predicted molar refractivity (Wildman–Crippen MR) is 52.9 cm³/mol. The van der Waals surface area contributed by atoms with Crippen LogP contribution in [0, 0.1) is 23.2 Å². The van der Waals surface area contributed by atoms with Gasteiger partial charge < -0.3 is 0 Å². The second-order valence-corrected chi connectivity index (χ2v) is 5.40. The van der Waals surface area contributed by atoms with E-state index in [1.54, 1.807) is 5.57 Å². The third-order valence-electron chi connectivity index (χ3n) is 4.18.